The summed E-state index contributed by atoms with van der Waals surface area (Å²) in [5.41, 5.74) is 3.85. The minimum atomic E-state index is -0.253. The van der Waals surface area contributed by atoms with Crippen LogP contribution in [0, 0.1) is 3.57 Å². The Hall–Kier alpha value is -2.15. The first-order valence-electron chi connectivity index (χ1n) is 6.62. The maximum atomic E-state index is 11.9. The number of ether oxygens (including phenoxy) is 1. The zero-order chi connectivity index (χ0) is 15.8. The Morgan fingerprint density at radius 2 is 1.95 bits per heavy atom. The van der Waals surface area contributed by atoms with Crippen molar-refractivity contribution < 1.29 is 9.53 Å². The average Bonchev–Trinajstić information content (AvgIpc) is 2.54. The Morgan fingerprint density at radius 1 is 1.23 bits per heavy atom. The molecule has 0 spiro atoms. The molecule has 5 heteroatoms. The van der Waals surface area contributed by atoms with E-state index in [1.165, 1.54) is 0 Å². The summed E-state index contributed by atoms with van der Waals surface area (Å²) in [6.07, 6.45) is 3.23. The van der Waals surface area contributed by atoms with Gasteiger partial charge in [-0.05, 0) is 59.0 Å². The summed E-state index contributed by atoms with van der Waals surface area (Å²) in [4.78, 5) is 11.9. The lowest BCUT2D eigenvalue weighted by molar-refractivity contribution is 0.0955. The van der Waals surface area contributed by atoms with E-state index >= 15 is 0 Å². The average molecular weight is 406 g/mol. The van der Waals surface area contributed by atoms with Crippen LogP contribution in [0.1, 0.15) is 15.9 Å². The Balaban J connectivity index is 2.01. The van der Waals surface area contributed by atoms with Gasteiger partial charge in [-0.1, -0.05) is 24.8 Å². The number of nitrogens with one attached hydrogen (secondary N) is 1. The highest BCUT2D eigenvalue weighted by Gasteiger charge is 2.04. The smallest absolute Gasteiger partial charge is 0.271 e. The molecule has 2 aromatic rings. The highest BCUT2D eigenvalue weighted by atomic mass is 127. The van der Waals surface area contributed by atoms with Gasteiger partial charge in [-0.15, -0.1) is 0 Å². The molecule has 0 bridgehead atoms. The Labute approximate surface area is 143 Å². The minimum absolute atomic E-state index is 0.253. The third-order valence-corrected chi connectivity index (χ3v) is 3.47. The number of nitrogens with zero attached hydrogens (tertiary/aromatic N) is 1. The van der Waals surface area contributed by atoms with Crippen molar-refractivity contribution in [2.75, 3.05) is 6.61 Å². The molecule has 0 fully saturated rings. The lowest BCUT2D eigenvalue weighted by atomic mass is 10.2. The molecule has 0 heterocycles. The van der Waals surface area contributed by atoms with Gasteiger partial charge in [-0.25, -0.2) is 5.43 Å². The highest BCUT2D eigenvalue weighted by Crippen LogP contribution is 2.15. The number of carbonyl (C=O) groups is 1. The van der Waals surface area contributed by atoms with Crippen LogP contribution in [0.15, 0.2) is 66.3 Å². The second kappa shape index (κ2) is 8.33. The number of halogens is 1. The second-order valence-electron chi connectivity index (χ2n) is 4.34. The predicted octanol–water partition coefficient (Wildman–Crippen LogP) is 3.62. The van der Waals surface area contributed by atoms with Crippen molar-refractivity contribution in [3.8, 4) is 5.75 Å². The molecular weight excluding hydrogens is 391 g/mol. The van der Waals surface area contributed by atoms with E-state index in [1.807, 2.05) is 36.4 Å². The first-order chi connectivity index (χ1) is 10.7. The maximum absolute atomic E-state index is 11.9. The summed E-state index contributed by atoms with van der Waals surface area (Å²) in [7, 11) is 0. The van der Waals surface area contributed by atoms with E-state index in [0.717, 1.165) is 9.13 Å². The minimum Gasteiger partial charge on any atom is -0.489 e. The summed E-state index contributed by atoms with van der Waals surface area (Å²) in [6.45, 7) is 4.03. The molecule has 0 aliphatic heterocycles. The van der Waals surface area contributed by atoms with E-state index in [4.69, 9.17) is 4.74 Å². The third kappa shape index (κ3) is 4.70. The second-order valence-corrected chi connectivity index (χ2v) is 5.59. The summed E-state index contributed by atoms with van der Waals surface area (Å²) in [5.74, 6) is 0.437. The topological polar surface area (TPSA) is 50.7 Å². The number of rotatable bonds is 6. The number of para-hydroxylation sites is 1. The van der Waals surface area contributed by atoms with Gasteiger partial charge < -0.3 is 4.74 Å². The SMILES string of the molecule is C=CCOc1ccccc1/C=N\NC(=O)c1ccc(I)cc1. The van der Waals surface area contributed by atoms with Crippen molar-refractivity contribution in [2.24, 2.45) is 5.10 Å². The molecule has 1 amide bonds. The van der Waals surface area contributed by atoms with Crippen molar-refractivity contribution in [2.45, 2.75) is 0 Å². The van der Waals surface area contributed by atoms with E-state index in [-0.39, 0.29) is 5.91 Å². The molecule has 22 heavy (non-hydrogen) atoms. The van der Waals surface area contributed by atoms with Crippen molar-refractivity contribution in [1.29, 1.82) is 0 Å². The van der Waals surface area contributed by atoms with Crippen LogP contribution in [0.2, 0.25) is 0 Å². The zero-order valence-electron chi connectivity index (χ0n) is 11.8. The zero-order valence-corrected chi connectivity index (χ0v) is 14.0. The van der Waals surface area contributed by atoms with Gasteiger partial charge >= 0.3 is 0 Å². The Kier molecular flexibility index (Phi) is 6.14. The van der Waals surface area contributed by atoms with Gasteiger partial charge in [0.15, 0.2) is 0 Å². The fourth-order valence-corrected chi connectivity index (χ4v) is 2.05. The monoisotopic (exact) mass is 406 g/mol. The molecule has 0 aromatic heterocycles. The van der Waals surface area contributed by atoms with Crippen LogP contribution < -0.4 is 10.2 Å². The molecule has 0 saturated carbocycles. The van der Waals surface area contributed by atoms with Crippen LogP contribution in [-0.2, 0) is 0 Å². The number of hydrogen-bond acceptors (Lipinski definition) is 3. The van der Waals surface area contributed by atoms with Gasteiger partial charge in [0.1, 0.15) is 12.4 Å². The lowest BCUT2D eigenvalue weighted by Crippen LogP contribution is -2.17. The standard InChI is InChI=1S/C17H15IN2O2/c1-2-11-22-16-6-4-3-5-14(16)12-19-20-17(21)13-7-9-15(18)10-8-13/h2-10,12H,1,11H2,(H,20,21)/b19-12-. The highest BCUT2D eigenvalue weighted by molar-refractivity contribution is 14.1. The summed E-state index contributed by atoms with van der Waals surface area (Å²) in [6, 6.07) is 14.7. The molecule has 0 unspecified atom stereocenters. The van der Waals surface area contributed by atoms with Gasteiger partial charge in [0.25, 0.3) is 5.91 Å². The molecular formula is C17H15IN2O2. The van der Waals surface area contributed by atoms with E-state index in [0.29, 0.717) is 17.9 Å². The third-order valence-electron chi connectivity index (χ3n) is 2.75. The van der Waals surface area contributed by atoms with Gasteiger partial charge in [0.2, 0.25) is 0 Å². The number of hydrogen-bond donors (Lipinski definition) is 1. The number of hydrazone groups is 1. The first-order valence-corrected chi connectivity index (χ1v) is 7.70. The van der Waals surface area contributed by atoms with E-state index in [1.54, 1.807) is 24.4 Å². The van der Waals surface area contributed by atoms with E-state index in [2.05, 4.69) is 39.7 Å². The fourth-order valence-electron chi connectivity index (χ4n) is 1.69. The normalized spacial score (nSPS) is 10.4. The van der Waals surface area contributed by atoms with E-state index < -0.39 is 0 Å². The summed E-state index contributed by atoms with van der Waals surface area (Å²) >= 11 is 2.19. The van der Waals surface area contributed by atoms with Crippen molar-refractivity contribution in [3.63, 3.8) is 0 Å². The molecule has 112 valence electrons. The van der Waals surface area contributed by atoms with Crippen LogP contribution in [0.5, 0.6) is 5.75 Å². The fraction of sp³-hybridized carbons (Fsp3) is 0.0588. The maximum Gasteiger partial charge on any atom is 0.271 e. The Bertz CT molecular complexity index is 681. The van der Waals surface area contributed by atoms with Gasteiger partial charge in [-0.2, -0.15) is 5.10 Å². The van der Waals surface area contributed by atoms with Crippen molar-refractivity contribution in [3.05, 3.63) is 75.9 Å². The van der Waals surface area contributed by atoms with Gasteiger partial charge in [0.05, 0.1) is 6.21 Å². The number of amides is 1. The van der Waals surface area contributed by atoms with E-state index in [9.17, 15) is 4.79 Å². The van der Waals surface area contributed by atoms with Crippen LogP contribution in [0.3, 0.4) is 0 Å². The largest absolute Gasteiger partial charge is 0.489 e. The lowest BCUT2D eigenvalue weighted by Gasteiger charge is -2.06. The van der Waals surface area contributed by atoms with Crippen LogP contribution in [0.4, 0.5) is 0 Å². The van der Waals surface area contributed by atoms with Gasteiger partial charge in [-0.3, -0.25) is 4.79 Å². The summed E-state index contributed by atoms with van der Waals surface area (Å²) in [5, 5.41) is 3.98. The van der Waals surface area contributed by atoms with Crippen LogP contribution >= 0.6 is 22.6 Å². The summed E-state index contributed by atoms with van der Waals surface area (Å²) < 4.78 is 6.59. The molecule has 0 aliphatic carbocycles. The molecule has 4 nitrogen and oxygen atoms in total. The molecule has 2 aromatic carbocycles. The number of carbonyl (C=O) groups excluding carboxylic acids is 1. The molecule has 2 rings (SSSR count). The first kappa shape index (κ1) is 16.2. The molecule has 0 aliphatic rings. The quantitative estimate of drug-likeness (QED) is 0.345. The molecule has 0 atom stereocenters. The predicted molar refractivity (Wildman–Crippen MR) is 96.4 cm³/mol. The van der Waals surface area contributed by atoms with Gasteiger partial charge in [0, 0.05) is 14.7 Å². The molecule has 0 saturated heterocycles. The Morgan fingerprint density at radius 3 is 2.68 bits per heavy atom. The molecule has 1 N–H and O–H groups in total. The van der Waals surface area contributed by atoms with Crippen LogP contribution in [-0.4, -0.2) is 18.7 Å². The van der Waals surface area contributed by atoms with Crippen LogP contribution in [0.25, 0.3) is 0 Å². The molecule has 0 radical (unpaired) electrons. The number of benzene rings is 2. The van der Waals surface area contributed by atoms with Crippen molar-refractivity contribution >= 4 is 34.7 Å². The van der Waals surface area contributed by atoms with Crippen molar-refractivity contribution in [1.82, 2.24) is 5.43 Å².